The van der Waals surface area contributed by atoms with E-state index in [2.05, 4.69) is 42.3 Å². The largest absolute Gasteiger partial charge is 0.317 e. The summed E-state index contributed by atoms with van der Waals surface area (Å²) in [4.78, 5) is 2.60. The van der Waals surface area contributed by atoms with E-state index in [9.17, 15) is 0 Å². The van der Waals surface area contributed by atoms with Gasteiger partial charge in [0.15, 0.2) is 0 Å². The zero-order chi connectivity index (χ0) is 13.7. The van der Waals surface area contributed by atoms with Gasteiger partial charge < -0.3 is 5.32 Å². The molecule has 1 atom stereocenters. The van der Waals surface area contributed by atoms with E-state index in [1.54, 1.807) is 0 Å². The minimum absolute atomic E-state index is 0.500. The van der Waals surface area contributed by atoms with Crippen molar-refractivity contribution in [3.8, 4) is 0 Å². The third-order valence-corrected chi connectivity index (χ3v) is 4.34. The molecule has 0 saturated carbocycles. The molecule has 1 aromatic heterocycles. The van der Waals surface area contributed by atoms with Crippen LogP contribution in [0.5, 0.6) is 0 Å². The Morgan fingerprint density at radius 1 is 1.37 bits per heavy atom. The van der Waals surface area contributed by atoms with Gasteiger partial charge >= 0.3 is 0 Å². The minimum Gasteiger partial charge on any atom is -0.317 e. The maximum absolute atomic E-state index is 4.39. The molecule has 2 rings (SSSR count). The predicted molar refractivity (Wildman–Crippen MR) is 79.2 cm³/mol. The van der Waals surface area contributed by atoms with Gasteiger partial charge in [-0.2, -0.15) is 5.10 Å². The average molecular weight is 264 g/mol. The number of rotatable bonds is 6. The van der Waals surface area contributed by atoms with Crippen LogP contribution in [0.1, 0.15) is 45.2 Å². The number of hydrogen-bond acceptors (Lipinski definition) is 3. The van der Waals surface area contributed by atoms with Gasteiger partial charge in [0, 0.05) is 24.3 Å². The monoisotopic (exact) mass is 264 g/mol. The Morgan fingerprint density at radius 2 is 2.11 bits per heavy atom. The molecule has 1 aliphatic rings. The Morgan fingerprint density at radius 3 is 2.68 bits per heavy atom. The molecule has 0 aromatic carbocycles. The van der Waals surface area contributed by atoms with Gasteiger partial charge in [0.25, 0.3) is 0 Å². The summed E-state index contributed by atoms with van der Waals surface area (Å²) in [5, 5.41) is 7.86. The second-order valence-electron chi connectivity index (χ2n) is 5.59. The van der Waals surface area contributed by atoms with Gasteiger partial charge in [-0.1, -0.05) is 6.92 Å². The fourth-order valence-electron chi connectivity index (χ4n) is 2.87. The summed E-state index contributed by atoms with van der Waals surface area (Å²) in [6, 6.07) is 0.500. The second-order valence-corrected chi connectivity index (χ2v) is 5.59. The molecular weight excluding hydrogens is 236 g/mol. The molecule has 1 aromatic rings. The maximum Gasteiger partial charge on any atom is 0.0537 e. The van der Waals surface area contributed by atoms with Crippen molar-refractivity contribution in [3.05, 3.63) is 18.0 Å². The molecule has 0 bridgehead atoms. The summed E-state index contributed by atoms with van der Waals surface area (Å²) in [5.74, 6) is 0.863. The number of piperidine rings is 1. The van der Waals surface area contributed by atoms with Crippen LogP contribution < -0.4 is 5.32 Å². The lowest BCUT2D eigenvalue weighted by atomic mass is 9.95. The summed E-state index contributed by atoms with van der Waals surface area (Å²) in [6.07, 6.45) is 6.85. The Labute approximate surface area is 117 Å². The first-order valence-corrected chi connectivity index (χ1v) is 7.71. The first-order chi connectivity index (χ1) is 9.24. The molecule has 108 valence electrons. The van der Waals surface area contributed by atoms with Crippen LogP contribution in [0, 0.1) is 5.92 Å². The zero-order valence-corrected chi connectivity index (χ0v) is 12.6. The summed E-state index contributed by atoms with van der Waals surface area (Å²) in [6.45, 7) is 12.3. The maximum atomic E-state index is 4.39. The molecule has 1 fully saturated rings. The summed E-state index contributed by atoms with van der Waals surface area (Å²) >= 11 is 0. The van der Waals surface area contributed by atoms with E-state index in [4.69, 9.17) is 0 Å². The SMILES string of the molecule is CCNCC1CCN(C(C)c2cnn(CC)c2)CC1. The fraction of sp³-hybridized carbons (Fsp3) is 0.800. The average Bonchev–Trinajstić information content (AvgIpc) is 2.94. The lowest BCUT2D eigenvalue weighted by Gasteiger charge is -2.35. The van der Waals surface area contributed by atoms with E-state index >= 15 is 0 Å². The molecule has 0 amide bonds. The van der Waals surface area contributed by atoms with E-state index in [0.29, 0.717) is 6.04 Å². The Bertz CT molecular complexity index is 366. The van der Waals surface area contributed by atoms with Crippen molar-refractivity contribution in [2.75, 3.05) is 26.2 Å². The normalized spacial score (nSPS) is 19.7. The van der Waals surface area contributed by atoms with E-state index < -0.39 is 0 Å². The first kappa shape index (κ1) is 14.5. The highest BCUT2D eigenvalue weighted by atomic mass is 15.3. The Balaban J connectivity index is 1.83. The molecule has 0 aliphatic carbocycles. The summed E-state index contributed by atoms with van der Waals surface area (Å²) in [5.41, 5.74) is 1.35. The third kappa shape index (κ3) is 3.80. The van der Waals surface area contributed by atoms with Crippen LogP contribution in [0.2, 0.25) is 0 Å². The second kappa shape index (κ2) is 7.06. The van der Waals surface area contributed by atoms with Crippen molar-refractivity contribution in [3.63, 3.8) is 0 Å². The van der Waals surface area contributed by atoms with Gasteiger partial charge in [-0.15, -0.1) is 0 Å². The number of nitrogens with zero attached hydrogens (tertiary/aromatic N) is 3. The molecule has 0 radical (unpaired) electrons. The molecule has 1 unspecified atom stereocenters. The first-order valence-electron chi connectivity index (χ1n) is 7.71. The Kier molecular flexibility index (Phi) is 5.40. The van der Waals surface area contributed by atoms with Crippen LogP contribution in [0.15, 0.2) is 12.4 Å². The van der Waals surface area contributed by atoms with Gasteiger partial charge in [-0.05, 0) is 58.8 Å². The number of hydrogen-bond donors (Lipinski definition) is 1. The molecule has 19 heavy (non-hydrogen) atoms. The van der Waals surface area contributed by atoms with Crippen LogP contribution in [-0.2, 0) is 6.54 Å². The fourth-order valence-corrected chi connectivity index (χ4v) is 2.87. The van der Waals surface area contributed by atoms with Crippen LogP contribution in [-0.4, -0.2) is 40.9 Å². The van der Waals surface area contributed by atoms with Crippen molar-refractivity contribution in [2.24, 2.45) is 5.92 Å². The topological polar surface area (TPSA) is 33.1 Å². The number of nitrogens with one attached hydrogen (secondary N) is 1. The zero-order valence-electron chi connectivity index (χ0n) is 12.6. The number of aryl methyl sites for hydroxylation is 1. The smallest absolute Gasteiger partial charge is 0.0537 e. The Hall–Kier alpha value is -0.870. The van der Waals surface area contributed by atoms with Crippen LogP contribution in [0.3, 0.4) is 0 Å². The summed E-state index contributed by atoms with van der Waals surface area (Å²) in [7, 11) is 0. The third-order valence-electron chi connectivity index (χ3n) is 4.34. The van der Waals surface area contributed by atoms with E-state index in [0.717, 1.165) is 19.0 Å². The molecule has 2 heterocycles. The van der Waals surface area contributed by atoms with Crippen molar-refractivity contribution >= 4 is 0 Å². The quantitative estimate of drug-likeness (QED) is 0.856. The number of aromatic nitrogens is 2. The van der Waals surface area contributed by atoms with Gasteiger partial charge in [0.2, 0.25) is 0 Å². The van der Waals surface area contributed by atoms with E-state index in [1.807, 2.05) is 10.9 Å². The van der Waals surface area contributed by atoms with Crippen LogP contribution >= 0.6 is 0 Å². The van der Waals surface area contributed by atoms with Gasteiger partial charge in [0.1, 0.15) is 0 Å². The molecule has 1 N–H and O–H groups in total. The molecule has 4 heteroatoms. The van der Waals surface area contributed by atoms with Crippen molar-refractivity contribution in [1.29, 1.82) is 0 Å². The molecular formula is C15H28N4. The highest BCUT2D eigenvalue weighted by Gasteiger charge is 2.23. The molecule has 0 spiro atoms. The highest BCUT2D eigenvalue weighted by molar-refractivity contribution is 5.09. The molecule has 1 saturated heterocycles. The van der Waals surface area contributed by atoms with Crippen LogP contribution in [0.25, 0.3) is 0 Å². The lowest BCUT2D eigenvalue weighted by molar-refractivity contribution is 0.140. The standard InChI is InChI=1S/C15H28N4/c1-4-16-10-14-6-8-18(9-7-14)13(3)15-11-17-19(5-2)12-15/h11-14,16H,4-10H2,1-3H3. The lowest BCUT2D eigenvalue weighted by Crippen LogP contribution is -2.38. The molecule has 4 nitrogen and oxygen atoms in total. The van der Waals surface area contributed by atoms with Crippen LogP contribution in [0.4, 0.5) is 0 Å². The van der Waals surface area contributed by atoms with Gasteiger partial charge in [-0.3, -0.25) is 9.58 Å². The minimum atomic E-state index is 0.500. The highest BCUT2D eigenvalue weighted by Crippen LogP contribution is 2.26. The van der Waals surface area contributed by atoms with Crippen molar-refractivity contribution in [1.82, 2.24) is 20.0 Å². The van der Waals surface area contributed by atoms with Crippen molar-refractivity contribution in [2.45, 2.75) is 46.2 Å². The summed E-state index contributed by atoms with van der Waals surface area (Å²) < 4.78 is 2.02. The van der Waals surface area contributed by atoms with E-state index in [1.165, 1.54) is 38.0 Å². The van der Waals surface area contributed by atoms with Gasteiger partial charge in [-0.25, -0.2) is 0 Å². The van der Waals surface area contributed by atoms with Gasteiger partial charge in [0.05, 0.1) is 6.20 Å². The molecule has 1 aliphatic heterocycles. The predicted octanol–water partition coefficient (Wildman–Crippen LogP) is 2.29. The number of likely N-dealkylation sites (tertiary alicyclic amines) is 1. The van der Waals surface area contributed by atoms with Crippen molar-refractivity contribution < 1.29 is 0 Å². The van der Waals surface area contributed by atoms with E-state index in [-0.39, 0.29) is 0 Å².